The second kappa shape index (κ2) is 3.49. The monoisotopic (exact) mass is 216 g/mol. The SMILES string of the molecule is CNC1CN(c2cc(C)cc3nccn23)C1. The van der Waals surface area contributed by atoms with Gasteiger partial charge in [-0.3, -0.25) is 4.40 Å². The lowest BCUT2D eigenvalue weighted by Gasteiger charge is -2.41. The first-order chi connectivity index (χ1) is 7.78. The summed E-state index contributed by atoms with van der Waals surface area (Å²) in [4.78, 5) is 6.72. The van der Waals surface area contributed by atoms with Gasteiger partial charge in [-0.25, -0.2) is 4.98 Å². The van der Waals surface area contributed by atoms with Gasteiger partial charge in [0, 0.05) is 31.5 Å². The molecule has 16 heavy (non-hydrogen) atoms. The highest BCUT2D eigenvalue weighted by Gasteiger charge is 2.26. The summed E-state index contributed by atoms with van der Waals surface area (Å²) in [6, 6.07) is 4.96. The Morgan fingerprint density at radius 2 is 2.19 bits per heavy atom. The molecule has 1 fully saturated rings. The molecule has 1 N–H and O–H groups in total. The predicted molar refractivity (Wildman–Crippen MR) is 65.0 cm³/mol. The van der Waals surface area contributed by atoms with Crippen molar-refractivity contribution in [2.24, 2.45) is 0 Å². The van der Waals surface area contributed by atoms with E-state index in [1.165, 1.54) is 11.4 Å². The highest BCUT2D eigenvalue weighted by atomic mass is 15.3. The van der Waals surface area contributed by atoms with Gasteiger partial charge in [-0.05, 0) is 31.7 Å². The fraction of sp³-hybridized carbons (Fsp3) is 0.417. The van der Waals surface area contributed by atoms with Crippen LogP contribution in [0.25, 0.3) is 5.65 Å². The van der Waals surface area contributed by atoms with Crippen LogP contribution in [-0.4, -0.2) is 35.6 Å². The van der Waals surface area contributed by atoms with Crippen LogP contribution in [0.5, 0.6) is 0 Å². The number of pyridine rings is 1. The molecule has 0 aromatic carbocycles. The zero-order valence-corrected chi connectivity index (χ0v) is 9.64. The second-order valence-corrected chi connectivity index (χ2v) is 4.44. The topological polar surface area (TPSA) is 32.6 Å². The van der Waals surface area contributed by atoms with Crippen molar-refractivity contribution in [3.05, 3.63) is 30.1 Å². The van der Waals surface area contributed by atoms with Crippen molar-refractivity contribution < 1.29 is 0 Å². The summed E-state index contributed by atoms with van der Waals surface area (Å²) in [6.45, 7) is 4.27. The number of hydrogen-bond acceptors (Lipinski definition) is 3. The van der Waals surface area contributed by atoms with Crippen LogP contribution >= 0.6 is 0 Å². The van der Waals surface area contributed by atoms with E-state index >= 15 is 0 Å². The van der Waals surface area contributed by atoms with Crippen molar-refractivity contribution in [1.82, 2.24) is 14.7 Å². The van der Waals surface area contributed by atoms with E-state index in [1.54, 1.807) is 0 Å². The molecule has 0 saturated carbocycles. The largest absolute Gasteiger partial charge is 0.354 e. The summed E-state index contributed by atoms with van der Waals surface area (Å²) in [6.07, 6.45) is 3.88. The van der Waals surface area contributed by atoms with Crippen LogP contribution in [0, 0.1) is 6.92 Å². The van der Waals surface area contributed by atoms with E-state index in [2.05, 4.69) is 38.7 Å². The van der Waals surface area contributed by atoms with Crippen molar-refractivity contribution >= 4 is 11.5 Å². The Kier molecular flexibility index (Phi) is 2.11. The number of rotatable bonds is 2. The van der Waals surface area contributed by atoms with Gasteiger partial charge in [0.25, 0.3) is 0 Å². The van der Waals surface area contributed by atoms with Crippen LogP contribution in [0.3, 0.4) is 0 Å². The summed E-state index contributed by atoms with van der Waals surface area (Å²) in [7, 11) is 2.02. The van der Waals surface area contributed by atoms with Gasteiger partial charge in [-0.15, -0.1) is 0 Å². The maximum absolute atomic E-state index is 4.34. The molecule has 1 saturated heterocycles. The first kappa shape index (κ1) is 9.66. The highest BCUT2D eigenvalue weighted by Crippen LogP contribution is 2.23. The van der Waals surface area contributed by atoms with E-state index in [9.17, 15) is 0 Å². The van der Waals surface area contributed by atoms with Crippen LogP contribution in [0.15, 0.2) is 24.5 Å². The normalized spacial score (nSPS) is 16.8. The third-order valence-corrected chi connectivity index (χ3v) is 3.24. The Labute approximate surface area is 94.9 Å². The number of hydrogen-bond donors (Lipinski definition) is 1. The zero-order valence-electron chi connectivity index (χ0n) is 9.64. The first-order valence-electron chi connectivity index (χ1n) is 5.64. The number of aromatic nitrogens is 2. The van der Waals surface area contributed by atoms with Gasteiger partial charge in [0.1, 0.15) is 11.5 Å². The summed E-state index contributed by atoms with van der Waals surface area (Å²) < 4.78 is 2.15. The molecule has 1 aliphatic rings. The molecule has 84 valence electrons. The van der Waals surface area contributed by atoms with E-state index in [1.807, 2.05) is 19.4 Å². The van der Waals surface area contributed by atoms with Crippen LogP contribution in [-0.2, 0) is 0 Å². The summed E-state index contributed by atoms with van der Waals surface area (Å²) >= 11 is 0. The average molecular weight is 216 g/mol. The number of aryl methyl sites for hydroxylation is 1. The van der Waals surface area contributed by atoms with Gasteiger partial charge in [-0.2, -0.15) is 0 Å². The van der Waals surface area contributed by atoms with Crippen molar-refractivity contribution in [2.45, 2.75) is 13.0 Å². The van der Waals surface area contributed by atoms with Gasteiger partial charge in [0.15, 0.2) is 0 Å². The minimum Gasteiger partial charge on any atom is -0.354 e. The Bertz CT molecular complexity index is 511. The lowest BCUT2D eigenvalue weighted by molar-refractivity contribution is 0.446. The minimum absolute atomic E-state index is 0.624. The molecule has 0 amide bonds. The summed E-state index contributed by atoms with van der Waals surface area (Å²) in [5.41, 5.74) is 2.30. The Hall–Kier alpha value is -1.55. The molecule has 2 aromatic heterocycles. The van der Waals surface area contributed by atoms with Crippen molar-refractivity contribution in [3.8, 4) is 0 Å². The number of imidazole rings is 1. The summed E-state index contributed by atoms with van der Waals surface area (Å²) in [5, 5.41) is 3.29. The zero-order chi connectivity index (χ0) is 11.1. The molecule has 1 aliphatic heterocycles. The maximum atomic E-state index is 4.34. The lowest BCUT2D eigenvalue weighted by Crippen LogP contribution is -2.57. The third-order valence-electron chi connectivity index (χ3n) is 3.24. The van der Waals surface area contributed by atoms with E-state index in [0.29, 0.717) is 6.04 Å². The molecule has 0 atom stereocenters. The Morgan fingerprint density at radius 1 is 1.38 bits per heavy atom. The average Bonchev–Trinajstić information content (AvgIpc) is 2.63. The van der Waals surface area contributed by atoms with Crippen LogP contribution in [0.1, 0.15) is 5.56 Å². The molecular formula is C12H16N4. The van der Waals surface area contributed by atoms with Gasteiger partial charge in [0.05, 0.1) is 0 Å². The Balaban J connectivity index is 2.00. The quantitative estimate of drug-likeness (QED) is 0.814. The van der Waals surface area contributed by atoms with Crippen LogP contribution < -0.4 is 10.2 Å². The van der Waals surface area contributed by atoms with Gasteiger partial charge in [-0.1, -0.05) is 0 Å². The third kappa shape index (κ3) is 1.38. The lowest BCUT2D eigenvalue weighted by atomic mass is 10.1. The molecule has 0 spiro atoms. The van der Waals surface area contributed by atoms with E-state index in [0.717, 1.165) is 18.7 Å². The van der Waals surface area contributed by atoms with Gasteiger partial charge < -0.3 is 10.2 Å². The van der Waals surface area contributed by atoms with Crippen molar-refractivity contribution in [2.75, 3.05) is 25.0 Å². The molecular weight excluding hydrogens is 200 g/mol. The minimum atomic E-state index is 0.624. The molecule has 3 heterocycles. The van der Waals surface area contributed by atoms with Crippen molar-refractivity contribution in [3.63, 3.8) is 0 Å². The molecule has 4 heteroatoms. The first-order valence-corrected chi connectivity index (χ1v) is 5.64. The van der Waals surface area contributed by atoms with Crippen molar-refractivity contribution in [1.29, 1.82) is 0 Å². The Morgan fingerprint density at radius 3 is 2.94 bits per heavy atom. The smallest absolute Gasteiger partial charge is 0.138 e. The van der Waals surface area contributed by atoms with E-state index < -0.39 is 0 Å². The molecule has 0 aliphatic carbocycles. The highest BCUT2D eigenvalue weighted by molar-refractivity contribution is 5.55. The second-order valence-electron chi connectivity index (χ2n) is 4.44. The number of fused-ring (bicyclic) bond motifs is 1. The van der Waals surface area contributed by atoms with Crippen LogP contribution in [0.4, 0.5) is 5.82 Å². The summed E-state index contributed by atoms with van der Waals surface area (Å²) in [5.74, 6) is 1.25. The molecule has 4 nitrogen and oxygen atoms in total. The number of nitrogens with zero attached hydrogens (tertiary/aromatic N) is 3. The number of nitrogens with one attached hydrogen (secondary N) is 1. The molecule has 0 unspecified atom stereocenters. The van der Waals surface area contributed by atoms with Crippen LogP contribution in [0.2, 0.25) is 0 Å². The van der Waals surface area contributed by atoms with E-state index in [-0.39, 0.29) is 0 Å². The van der Waals surface area contributed by atoms with E-state index in [4.69, 9.17) is 0 Å². The molecule has 3 rings (SSSR count). The standard InChI is InChI=1S/C12H16N4/c1-9-5-11-14-3-4-16(11)12(6-9)15-7-10(8-15)13-2/h3-6,10,13H,7-8H2,1-2H3. The molecule has 2 aromatic rings. The van der Waals surface area contributed by atoms with Gasteiger partial charge >= 0.3 is 0 Å². The predicted octanol–water partition coefficient (Wildman–Crippen LogP) is 1.05. The fourth-order valence-corrected chi connectivity index (χ4v) is 2.23. The molecule has 0 bridgehead atoms. The van der Waals surface area contributed by atoms with Gasteiger partial charge in [0.2, 0.25) is 0 Å². The maximum Gasteiger partial charge on any atom is 0.138 e. The number of likely N-dealkylation sites (N-methyl/N-ethyl adjacent to an activating group) is 1. The number of anilines is 1. The molecule has 0 radical (unpaired) electrons. The fourth-order valence-electron chi connectivity index (χ4n) is 2.23.